The molecule has 2 heterocycles. The van der Waals surface area contributed by atoms with E-state index in [1.807, 2.05) is 0 Å². The quantitative estimate of drug-likeness (QED) is 0.488. The highest BCUT2D eigenvalue weighted by Gasteiger charge is 2.51. The normalized spacial score (nSPS) is 23.2. The lowest BCUT2D eigenvalue weighted by Crippen LogP contribution is -3.14. The maximum Gasteiger partial charge on any atom is 0.291 e. The van der Waals surface area contributed by atoms with Gasteiger partial charge in [-0.15, -0.1) is 0 Å². The van der Waals surface area contributed by atoms with E-state index in [1.54, 1.807) is 25.3 Å². The van der Waals surface area contributed by atoms with E-state index < -0.39 is 23.7 Å². The number of ketones is 2. The van der Waals surface area contributed by atoms with Crippen LogP contribution in [0.2, 0.25) is 0 Å². The van der Waals surface area contributed by atoms with Crippen LogP contribution in [-0.2, 0) is 19.1 Å². The standard InChI is InChI=1S/C20H26N2O6/c1-13(23)17-18(15-5-4-14(26-2)12-16(15)27-3)22(20(25)19(17)24)7-6-21-8-10-28-11-9-21/h4-5,12,17-18H,6-11H2,1-3H3/p+1. The Balaban J connectivity index is 1.93. The molecule has 0 spiro atoms. The zero-order chi connectivity index (χ0) is 20.3. The summed E-state index contributed by atoms with van der Waals surface area (Å²) in [6.45, 7) is 5.55. The molecular formula is C20H27N2O6+. The molecule has 1 aromatic rings. The fourth-order valence-corrected chi connectivity index (χ4v) is 3.97. The van der Waals surface area contributed by atoms with Gasteiger partial charge >= 0.3 is 0 Å². The first-order valence-corrected chi connectivity index (χ1v) is 9.46. The summed E-state index contributed by atoms with van der Waals surface area (Å²) in [5.74, 6) is -1.50. The number of hydrogen-bond acceptors (Lipinski definition) is 6. The molecule has 2 aliphatic rings. The first-order valence-electron chi connectivity index (χ1n) is 9.46. The summed E-state index contributed by atoms with van der Waals surface area (Å²) >= 11 is 0. The first kappa shape index (κ1) is 20.3. The number of benzene rings is 1. The highest BCUT2D eigenvalue weighted by Crippen LogP contribution is 2.41. The number of ether oxygens (including phenoxy) is 3. The summed E-state index contributed by atoms with van der Waals surface area (Å²) in [6, 6.07) is 4.54. The molecule has 3 rings (SSSR count). The summed E-state index contributed by atoms with van der Waals surface area (Å²) in [5, 5.41) is 0. The smallest absolute Gasteiger partial charge is 0.291 e. The number of carbonyl (C=O) groups excluding carboxylic acids is 3. The van der Waals surface area contributed by atoms with E-state index in [2.05, 4.69) is 0 Å². The molecule has 0 aromatic heterocycles. The van der Waals surface area contributed by atoms with Crippen LogP contribution in [0.15, 0.2) is 18.2 Å². The summed E-state index contributed by atoms with van der Waals surface area (Å²) in [5.41, 5.74) is 0.639. The lowest BCUT2D eigenvalue weighted by molar-refractivity contribution is -0.907. The predicted octanol–water partition coefficient (Wildman–Crippen LogP) is -0.723. The van der Waals surface area contributed by atoms with Gasteiger partial charge in [-0.3, -0.25) is 14.4 Å². The second-order valence-electron chi connectivity index (χ2n) is 7.12. The Morgan fingerprint density at radius 3 is 2.54 bits per heavy atom. The maximum absolute atomic E-state index is 12.7. The molecule has 2 fully saturated rings. The molecule has 8 heteroatoms. The predicted molar refractivity (Wildman–Crippen MR) is 99.6 cm³/mol. The van der Waals surface area contributed by atoms with Crippen molar-refractivity contribution < 1.29 is 33.5 Å². The average molecular weight is 391 g/mol. The number of amides is 1. The van der Waals surface area contributed by atoms with Crippen molar-refractivity contribution in [2.75, 3.05) is 53.6 Å². The fraction of sp³-hybridized carbons (Fsp3) is 0.550. The first-order chi connectivity index (χ1) is 13.5. The Morgan fingerprint density at radius 2 is 1.93 bits per heavy atom. The third-order valence-corrected chi connectivity index (χ3v) is 5.51. The van der Waals surface area contributed by atoms with E-state index in [-0.39, 0.29) is 5.78 Å². The van der Waals surface area contributed by atoms with Crippen molar-refractivity contribution in [2.24, 2.45) is 5.92 Å². The zero-order valence-corrected chi connectivity index (χ0v) is 16.5. The van der Waals surface area contributed by atoms with E-state index in [9.17, 15) is 14.4 Å². The number of nitrogens with one attached hydrogen (secondary N) is 1. The Bertz CT molecular complexity index is 759. The van der Waals surface area contributed by atoms with Gasteiger partial charge in [-0.25, -0.2) is 0 Å². The number of methoxy groups -OCH3 is 2. The Hall–Kier alpha value is -2.45. The van der Waals surface area contributed by atoms with Crippen molar-refractivity contribution in [3.8, 4) is 11.5 Å². The number of nitrogens with zero attached hydrogens (tertiary/aromatic N) is 1. The van der Waals surface area contributed by atoms with Gasteiger partial charge in [0.15, 0.2) is 0 Å². The molecule has 8 nitrogen and oxygen atoms in total. The summed E-state index contributed by atoms with van der Waals surface area (Å²) in [6.07, 6.45) is 0. The number of quaternary nitrogens is 1. The molecule has 2 atom stereocenters. The number of hydrogen-bond donors (Lipinski definition) is 1. The topological polar surface area (TPSA) is 86.6 Å². The lowest BCUT2D eigenvalue weighted by Gasteiger charge is -2.30. The zero-order valence-electron chi connectivity index (χ0n) is 16.5. The highest BCUT2D eigenvalue weighted by molar-refractivity contribution is 6.42. The van der Waals surface area contributed by atoms with E-state index in [1.165, 1.54) is 23.8 Å². The van der Waals surface area contributed by atoms with E-state index in [4.69, 9.17) is 14.2 Å². The minimum Gasteiger partial charge on any atom is -0.497 e. The van der Waals surface area contributed by atoms with E-state index >= 15 is 0 Å². The molecule has 1 amide bonds. The van der Waals surface area contributed by atoms with Gasteiger partial charge in [0.1, 0.15) is 36.3 Å². The van der Waals surface area contributed by atoms with Gasteiger partial charge in [0.2, 0.25) is 5.78 Å². The minimum absolute atomic E-state index is 0.317. The van der Waals surface area contributed by atoms with Gasteiger partial charge in [0.05, 0.1) is 46.6 Å². The van der Waals surface area contributed by atoms with Crippen LogP contribution in [0.5, 0.6) is 11.5 Å². The van der Waals surface area contributed by atoms with Crippen molar-refractivity contribution in [2.45, 2.75) is 13.0 Å². The third-order valence-electron chi connectivity index (χ3n) is 5.51. The fourth-order valence-electron chi connectivity index (χ4n) is 3.97. The van der Waals surface area contributed by atoms with Crippen molar-refractivity contribution in [1.82, 2.24) is 4.90 Å². The third kappa shape index (κ3) is 3.88. The molecule has 2 aliphatic heterocycles. The number of morpholine rings is 1. The van der Waals surface area contributed by atoms with E-state index in [0.29, 0.717) is 43.4 Å². The molecular weight excluding hydrogens is 364 g/mol. The van der Waals surface area contributed by atoms with Crippen LogP contribution in [0.1, 0.15) is 18.5 Å². The summed E-state index contributed by atoms with van der Waals surface area (Å²) < 4.78 is 16.1. The van der Waals surface area contributed by atoms with Crippen molar-refractivity contribution in [1.29, 1.82) is 0 Å². The highest BCUT2D eigenvalue weighted by atomic mass is 16.5. The molecule has 152 valence electrons. The molecule has 1 aromatic carbocycles. The van der Waals surface area contributed by atoms with Crippen molar-refractivity contribution >= 4 is 17.5 Å². The van der Waals surface area contributed by atoms with Crippen LogP contribution >= 0.6 is 0 Å². The van der Waals surface area contributed by atoms with Gasteiger partial charge in [0, 0.05) is 11.6 Å². The molecule has 0 bridgehead atoms. The number of likely N-dealkylation sites (tertiary alicyclic amines) is 1. The maximum atomic E-state index is 12.7. The Labute approximate surface area is 164 Å². The number of Topliss-reactive ketones (excluding diaryl/α,β-unsaturated/α-hetero) is 2. The Kier molecular flexibility index (Phi) is 6.31. The number of carbonyl (C=O) groups is 3. The van der Waals surface area contributed by atoms with Gasteiger partial charge in [-0.2, -0.15) is 0 Å². The van der Waals surface area contributed by atoms with Crippen LogP contribution in [0, 0.1) is 5.92 Å². The minimum atomic E-state index is -1.02. The molecule has 0 aliphatic carbocycles. The van der Waals surface area contributed by atoms with Crippen LogP contribution in [0.3, 0.4) is 0 Å². The van der Waals surface area contributed by atoms with Gasteiger partial charge in [-0.1, -0.05) is 0 Å². The molecule has 28 heavy (non-hydrogen) atoms. The average Bonchev–Trinajstić information content (AvgIpc) is 2.97. The van der Waals surface area contributed by atoms with E-state index in [0.717, 1.165) is 13.1 Å². The monoisotopic (exact) mass is 391 g/mol. The molecule has 1 N–H and O–H groups in total. The molecule has 0 radical (unpaired) electrons. The molecule has 0 saturated carbocycles. The van der Waals surface area contributed by atoms with Gasteiger partial charge in [-0.05, 0) is 19.1 Å². The lowest BCUT2D eigenvalue weighted by atomic mass is 9.89. The van der Waals surface area contributed by atoms with Crippen LogP contribution in [0.4, 0.5) is 0 Å². The van der Waals surface area contributed by atoms with Crippen molar-refractivity contribution in [3.63, 3.8) is 0 Å². The second-order valence-corrected chi connectivity index (χ2v) is 7.12. The largest absolute Gasteiger partial charge is 0.497 e. The van der Waals surface area contributed by atoms with Crippen LogP contribution < -0.4 is 14.4 Å². The van der Waals surface area contributed by atoms with Crippen molar-refractivity contribution in [3.05, 3.63) is 23.8 Å². The molecule has 2 saturated heterocycles. The van der Waals surface area contributed by atoms with Gasteiger partial charge < -0.3 is 24.0 Å². The Morgan fingerprint density at radius 1 is 1.21 bits per heavy atom. The van der Waals surface area contributed by atoms with Gasteiger partial charge in [0.25, 0.3) is 5.91 Å². The number of rotatable bonds is 7. The second kappa shape index (κ2) is 8.70. The summed E-state index contributed by atoms with van der Waals surface area (Å²) in [7, 11) is 3.06. The summed E-state index contributed by atoms with van der Waals surface area (Å²) in [4.78, 5) is 40.5. The SMILES string of the molecule is COc1ccc(C2C(C(C)=O)C(=O)C(=O)N2CC[NH+]2CCOCC2)c(OC)c1. The van der Waals surface area contributed by atoms with Crippen LogP contribution in [0.25, 0.3) is 0 Å². The molecule has 2 unspecified atom stereocenters. The van der Waals surface area contributed by atoms with Crippen LogP contribution in [-0.4, -0.2) is 76.0 Å².